The van der Waals surface area contributed by atoms with Gasteiger partial charge in [-0.2, -0.15) is 0 Å². The zero-order valence-corrected chi connectivity index (χ0v) is 15.9. The quantitative estimate of drug-likeness (QED) is 0.729. The van der Waals surface area contributed by atoms with Gasteiger partial charge in [0.05, 0.1) is 18.0 Å². The Morgan fingerprint density at radius 2 is 1.83 bits per heavy atom. The van der Waals surface area contributed by atoms with Gasteiger partial charge in [0.25, 0.3) is 5.91 Å². The maximum absolute atomic E-state index is 13.3. The number of carbonyl (C=O) groups is 4. The van der Waals surface area contributed by atoms with Gasteiger partial charge in [-0.15, -0.1) is 0 Å². The Kier molecular flexibility index (Phi) is 3.99. The van der Waals surface area contributed by atoms with Gasteiger partial charge < -0.3 is 15.4 Å². The van der Waals surface area contributed by atoms with Gasteiger partial charge in [0, 0.05) is 12.0 Å². The average molecular weight is 406 g/mol. The molecule has 5 rings (SSSR count). The highest BCUT2D eigenvalue weighted by molar-refractivity contribution is 6.14. The van der Waals surface area contributed by atoms with Crippen LogP contribution in [0.1, 0.15) is 12.0 Å². The van der Waals surface area contributed by atoms with Gasteiger partial charge >= 0.3 is 6.03 Å². The Morgan fingerprint density at radius 3 is 2.70 bits per heavy atom. The number of urea groups is 1. The van der Waals surface area contributed by atoms with Crippen LogP contribution in [-0.2, 0) is 19.9 Å². The SMILES string of the molecule is O=C1CN(C(=O)CN2C(=O)N[C@]3(CCOc4ccccc43)C2=O)c2ccccc2N1. The molecule has 152 valence electrons. The molecule has 0 bridgehead atoms. The van der Waals surface area contributed by atoms with Crippen molar-refractivity contribution in [1.29, 1.82) is 0 Å². The summed E-state index contributed by atoms with van der Waals surface area (Å²) in [6.07, 6.45) is 0.272. The molecule has 2 aromatic rings. The lowest BCUT2D eigenvalue weighted by Crippen LogP contribution is -2.49. The molecule has 3 heterocycles. The molecule has 1 fully saturated rings. The van der Waals surface area contributed by atoms with Crippen molar-refractivity contribution in [3.8, 4) is 5.75 Å². The summed E-state index contributed by atoms with van der Waals surface area (Å²) in [5, 5.41) is 5.48. The minimum atomic E-state index is -1.25. The van der Waals surface area contributed by atoms with Crippen molar-refractivity contribution < 1.29 is 23.9 Å². The number of rotatable bonds is 2. The number of nitrogens with zero attached hydrogens (tertiary/aromatic N) is 2. The van der Waals surface area contributed by atoms with Crippen LogP contribution in [0.2, 0.25) is 0 Å². The molecule has 2 aromatic carbocycles. The summed E-state index contributed by atoms with van der Waals surface area (Å²) >= 11 is 0. The normalized spacial score (nSPS) is 22.2. The molecule has 9 nitrogen and oxygen atoms in total. The third kappa shape index (κ3) is 2.62. The number of ether oxygens (including phenoxy) is 1. The first kappa shape index (κ1) is 18.2. The number of nitrogens with one attached hydrogen (secondary N) is 2. The lowest BCUT2D eigenvalue weighted by molar-refractivity contribution is -0.135. The second-order valence-electron chi connectivity index (χ2n) is 7.37. The molecule has 3 aliphatic rings. The average Bonchev–Trinajstić information content (AvgIpc) is 2.98. The molecule has 3 aliphatic heterocycles. The molecule has 30 heavy (non-hydrogen) atoms. The molecule has 5 amide bonds. The Morgan fingerprint density at radius 1 is 1.07 bits per heavy atom. The van der Waals surface area contributed by atoms with E-state index in [1.165, 1.54) is 4.90 Å². The van der Waals surface area contributed by atoms with Crippen molar-refractivity contribution in [2.24, 2.45) is 0 Å². The predicted octanol–water partition coefficient (Wildman–Crippen LogP) is 1.20. The van der Waals surface area contributed by atoms with Crippen molar-refractivity contribution in [3.63, 3.8) is 0 Å². The van der Waals surface area contributed by atoms with Crippen LogP contribution in [0.4, 0.5) is 16.2 Å². The van der Waals surface area contributed by atoms with Gasteiger partial charge in [0.15, 0.2) is 5.54 Å². The zero-order chi connectivity index (χ0) is 20.9. The predicted molar refractivity (Wildman–Crippen MR) is 106 cm³/mol. The molecule has 0 aromatic heterocycles. The van der Waals surface area contributed by atoms with Gasteiger partial charge in [-0.05, 0) is 18.2 Å². The van der Waals surface area contributed by atoms with E-state index in [2.05, 4.69) is 10.6 Å². The largest absolute Gasteiger partial charge is 0.493 e. The smallest absolute Gasteiger partial charge is 0.325 e. The number of benzene rings is 2. The summed E-state index contributed by atoms with van der Waals surface area (Å²) in [6, 6.07) is 13.3. The van der Waals surface area contributed by atoms with Crippen molar-refractivity contribution in [3.05, 3.63) is 54.1 Å². The van der Waals surface area contributed by atoms with Gasteiger partial charge in [0.1, 0.15) is 18.8 Å². The van der Waals surface area contributed by atoms with Crippen LogP contribution in [0.3, 0.4) is 0 Å². The number of fused-ring (bicyclic) bond motifs is 3. The van der Waals surface area contributed by atoms with Crippen molar-refractivity contribution >= 4 is 35.1 Å². The van der Waals surface area contributed by atoms with Crippen LogP contribution < -0.4 is 20.3 Å². The number of para-hydroxylation sites is 3. The number of amides is 5. The molecular formula is C21H18N4O5. The maximum Gasteiger partial charge on any atom is 0.325 e. The summed E-state index contributed by atoms with van der Waals surface area (Å²) in [5.41, 5.74) is 0.366. The molecule has 1 saturated heterocycles. The van der Waals surface area contributed by atoms with Crippen LogP contribution in [0, 0.1) is 0 Å². The summed E-state index contributed by atoms with van der Waals surface area (Å²) in [5.74, 6) is -0.814. The van der Waals surface area contributed by atoms with E-state index < -0.39 is 29.9 Å². The van der Waals surface area contributed by atoms with E-state index in [-0.39, 0.29) is 25.5 Å². The monoisotopic (exact) mass is 406 g/mol. The summed E-state index contributed by atoms with van der Waals surface area (Å²) in [6.45, 7) is -0.372. The maximum atomic E-state index is 13.3. The summed E-state index contributed by atoms with van der Waals surface area (Å²) < 4.78 is 5.61. The Labute approximate surface area is 171 Å². The lowest BCUT2D eigenvalue weighted by Gasteiger charge is -2.33. The highest BCUT2D eigenvalue weighted by Crippen LogP contribution is 2.41. The van der Waals surface area contributed by atoms with Gasteiger partial charge in [-0.1, -0.05) is 30.3 Å². The van der Waals surface area contributed by atoms with E-state index in [0.29, 0.717) is 22.7 Å². The molecule has 1 atom stereocenters. The number of hydrogen-bond donors (Lipinski definition) is 2. The first-order chi connectivity index (χ1) is 14.5. The zero-order valence-electron chi connectivity index (χ0n) is 15.9. The van der Waals surface area contributed by atoms with Crippen LogP contribution in [0.5, 0.6) is 5.75 Å². The highest BCUT2D eigenvalue weighted by atomic mass is 16.5. The fourth-order valence-electron chi connectivity index (χ4n) is 4.19. The third-order valence-electron chi connectivity index (χ3n) is 5.62. The lowest BCUT2D eigenvalue weighted by atomic mass is 9.84. The second-order valence-corrected chi connectivity index (χ2v) is 7.37. The van der Waals surface area contributed by atoms with Crippen LogP contribution in [0.15, 0.2) is 48.5 Å². The second kappa shape index (κ2) is 6.58. The first-order valence-electron chi connectivity index (χ1n) is 9.55. The molecule has 0 unspecified atom stereocenters. The fraction of sp³-hybridized carbons (Fsp3) is 0.238. The molecule has 1 spiro atoms. The van der Waals surface area contributed by atoms with Gasteiger partial charge in [-0.3, -0.25) is 24.2 Å². The number of hydrogen-bond acceptors (Lipinski definition) is 5. The van der Waals surface area contributed by atoms with E-state index in [1.807, 2.05) is 0 Å². The minimum absolute atomic E-state index is 0.179. The molecule has 0 saturated carbocycles. The van der Waals surface area contributed by atoms with Gasteiger partial charge in [0.2, 0.25) is 11.8 Å². The molecule has 2 N–H and O–H groups in total. The molecule has 0 radical (unpaired) electrons. The van der Waals surface area contributed by atoms with Crippen LogP contribution in [-0.4, -0.2) is 48.3 Å². The van der Waals surface area contributed by atoms with E-state index >= 15 is 0 Å². The minimum Gasteiger partial charge on any atom is -0.493 e. The highest BCUT2D eigenvalue weighted by Gasteiger charge is 2.55. The molecular weight excluding hydrogens is 388 g/mol. The van der Waals surface area contributed by atoms with E-state index in [0.717, 1.165) is 4.90 Å². The summed E-state index contributed by atoms with van der Waals surface area (Å²) in [4.78, 5) is 53.3. The topological polar surface area (TPSA) is 108 Å². The van der Waals surface area contributed by atoms with E-state index in [9.17, 15) is 19.2 Å². The Hall–Kier alpha value is -3.88. The summed E-state index contributed by atoms with van der Waals surface area (Å²) in [7, 11) is 0. The molecule has 9 heteroatoms. The van der Waals surface area contributed by atoms with Crippen molar-refractivity contribution in [2.45, 2.75) is 12.0 Å². The third-order valence-corrected chi connectivity index (χ3v) is 5.62. The standard InChI is InChI=1S/C21H18N4O5/c26-17-11-24(15-7-3-2-6-14(15)22-17)18(27)12-25-19(28)21(23-20(25)29)9-10-30-16-8-4-1-5-13(16)21/h1-8H,9-12H2,(H,22,26)(H,23,29)/t21-/m0/s1. The number of imide groups is 1. The van der Waals surface area contributed by atoms with Crippen LogP contribution in [0.25, 0.3) is 0 Å². The Bertz CT molecular complexity index is 1100. The van der Waals surface area contributed by atoms with Gasteiger partial charge in [-0.25, -0.2) is 4.79 Å². The van der Waals surface area contributed by atoms with E-state index in [4.69, 9.17) is 4.74 Å². The number of carbonyl (C=O) groups excluding carboxylic acids is 4. The first-order valence-corrected chi connectivity index (χ1v) is 9.55. The molecule has 0 aliphatic carbocycles. The van der Waals surface area contributed by atoms with E-state index in [1.54, 1.807) is 48.5 Å². The van der Waals surface area contributed by atoms with Crippen molar-refractivity contribution in [1.82, 2.24) is 10.2 Å². The fourth-order valence-corrected chi connectivity index (χ4v) is 4.19. The number of anilines is 2. The van der Waals surface area contributed by atoms with Crippen molar-refractivity contribution in [2.75, 3.05) is 29.9 Å². The van der Waals surface area contributed by atoms with Crippen LogP contribution >= 0.6 is 0 Å². The Balaban J connectivity index is 1.43.